The van der Waals surface area contributed by atoms with E-state index in [4.69, 9.17) is 11.6 Å². The highest BCUT2D eigenvalue weighted by atomic mass is 35.5. The summed E-state index contributed by atoms with van der Waals surface area (Å²) in [5.41, 5.74) is 0. The van der Waals surface area contributed by atoms with Gasteiger partial charge in [0.25, 0.3) is 0 Å². The molecular weight excluding hydrogens is 250 g/mol. The fraction of sp³-hybridized carbons (Fsp3) is 0.538. The average Bonchev–Trinajstić information content (AvgIpc) is 3.04. The van der Waals surface area contributed by atoms with E-state index in [1.807, 2.05) is 11.0 Å². The molecule has 0 radical (unpaired) electrons. The van der Waals surface area contributed by atoms with Crippen LogP contribution < -0.4 is 10.2 Å². The van der Waals surface area contributed by atoms with E-state index in [9.17, 15) is 4.79 Å². The Morgan fingerprint density at radius 1 is 1.44 bits per heavy atom. The molecule has 96 valence electrons. The summed E-state index contributed by atoms with van der Waals surface area (Å²) in [6.07, 6.45) is 5.84. The van der Waals surface area contributed by atoms with Crippen molar-refractivity contribution in [3.05, 3.63) is 23.4 Å². The first-order valence-electron chi connectivity index (χ1n) is 6.43. The molecule has 5 heteroatoms. The highest BCUT2D eigenvalue weighted by Crippen LogP contribution is 2.30. The van der Waals surface area contributed by atoms with Gasteiger partial charge in [-0.1, -0.05) is 11.6 Å². The van der Waals surface area contributed by atoms with E-state index in [1.165, 1.54) is 0 Å². The van der Waals surface area contributed by atoms with Crippen LogP contribution in [0.4, 0.5) is 5.82 Å². The lowest BCUT2D eigenvalue weighted by Gasteiger charge is -2.25. The van der Waals surface area contributed by atoms with Crippen LogP contribution in [0.2, 0.25) is 5.02 Å². The van der Waals surface area contributed by atoms with Gasteiger partial charge < -0.3 is 10.2 Å². The number of nitrogens with one attached hydrogen (secondary N) is 1. The zero-order chi connectivity index (χ0) is 12.5. The molecule has 2 aliphatic rings. The maximum atomic E-state index is 12.2. The third kappa shape index (κ3) is 2.29. The van der Waals surface area contributed by atoms with Gasteiger partial charge in [-0.15, -0.1) is 0 Å². The maximum Gasteiger partial charge on any atom is 0.242 e. The van der Waals surface area contributed by atoms with Gasteiger partial charge in [0.15, 0.2) is 0 Å². The largest absolute Gasteiger partial charge is 0.352 e. The lowest BCUT2D eigenvalue weighted by molar-refractivity contribution is -0.122. The molecule has 0 unspecified atom stereocenters. The van der Waals surface area contributed by atoms with E-state index in [0.717, 1.165) is 38.0 Å². The second-order valence-electron chi connectivity index (χ2n) is 4.94. The molecule has 1 aromatic heterocycles. The van der Waals surface area contributed by atoms with E-state index in [1.54, 1.807) is 12.3 Å². The second-order valence-corrected chi connectivity index (χ2v) is 5.35. The lowest BCUT2D eigenvalue weighted by Crippen LogP contribution is -2.44. The molecule has 0 spiro atoms. The minimum atomic E-state index is -0.113. The predicted molar refractivity (Wildman–Crippen MR) is 70.8 cm³/mol. The van der Waals surface area contributed by atoms with E-state index in [-0.39, 0.29) is 11.9 Å². The zero-order valence-electron chi connectivity index (χ0n) is 10.1. The molecule has 1 saturated carbocycles. The van der Waals surface area contributed by atoms with E-state index >= 15 is 0 Å². The molecule has 0 aromatic carbocycles. The number of aromatic nitrogens is 1. The van der Waals surface area contributed by atoms with Gasteiger partial charge in [-0.2, -0.15) is 0 Å². The first-order chi connectivity index (χ1) is 8.75. The van der Waals surface area contributed by atoms with Crippen LogP contribution in [-0.2, 0) is 4.79 Å². The van der Waals surface area contributed by atoms with Crippen LogP contribution in [0, 0.1) is 0 Å². The van der Waals surface area contributed by atoms with Gasteiger partial charge in [-0.25, -0.2) is 4.98 Å². The zero-order valence-corrected chi connectivity index (χ0v) is 10.9. The number of hydrogen-bond donors (Lipinski definition) is 1. The Morgan fingerprint density at radius 2 is 2.28 bits per heavy atom. The first kappa shape index (κ1) is 11.8. The summed E-state index contributed by atoms with van der Waals surface area (Å²) < 4.78 is 0. The maximum absolute atomic E-state index is 12.2. The van der Waals surface area contributed by atoms with Crippen molar-refractivity contribution in [2.75, 3.05) is 11.4 Å². The average molecular weight is 266 g/mol. The number of carbonyl (C=O) groups is 1. The van der Waals surface area contributed by atoms with Gasteiger partial charge >= 0.3 is 0 Å². The SMILES string of the molecule is O=C(NC1CC1)[C@H]1CCCN1c1ncccc1Cl. The number of rotatable bonds is 3. The van der Waals surface area contributed by atoms with Gasteiger partial charge in [0.05, 0.1) is 5.02 Å². The topological polar surface area (TPSA) is 45.2 Å². The van der Waals surface area contributed by atoms with Crippen molar-refractivity contribution in [3.8, 4) is 0 Å². The van der Waals surface area contributed by atoms with Crippen molar-refractivity contribution in [2.24, 2.45) is 0 Å². The molecule has 1 N–H and O–H groups in total. The monoisotopic (exact) mass is 265 g/mol. The van der Waals surface area contributed by atoms with E-state index in [0.29, 0.717) is 11.1 Å². The van der Waals surface area contributed by atoms with Crippen molar-refractivity contribution in [1.29, 1.82) is 0 Å². The molecule has 1 amide bonds. The molecule has 1 aliphatic heterocycles. The van der Waals surface area contributed by atoms with Crippen molar-refractivity contribution in [2.45, 2.75) is 37.8 Å². The highest BCUT2D eigenvalue weighted by Gasteiger charge is 2.35. The van der Waals surface area contributed by atoms with Crippen LogP contribution in [0.1, 0.15) is 25.7 Å². The van der Waals surface area contributed by atoms with Crippen LogP contribution in [0.25, 0.3) is 0 Å². The van der Waals surface area contributed by atoms with Crippen LogP contribution in [0.3, 0.4) is 0 Å². The normalized spacial score (nSPS) is 23.2. The third-order valence-electron chi connectivity index (χ3n) is 3.49. The standard InChI is InChI=1S/C13H16ClN3O/c14-10-3-1-7-15-12(10)17-8-2-4-11(17)13(18)16-9-5-6-9/h1,3,7,9,11H,2,4-6,8H2,(H,16,18)/t11-/m1/s1. The van der Waals surface area contributed by atoms with Crippen molar-refractivity contribution < 1.29 is 4.79 Å². The minimum absolute atomic E-state index is 0.113. The summed E-state index contributed by atoms with van der Waals surface area (Å²) in [5, 5.41) is 3.68. The second kappa shape index (κ2) is 4.76. The number of amides is 1. The summed E-state index contributed by atoms with van der Waals surface area (Å²) in [6, 6.07) is 3.91. The molecule has 1 aromatic rings. The van der Waals surface area contributed by atoms with E-state index in [2.05, 4.69) is 10.3 Å². The van der Waals surface area contributed by atoms with Gasteiger partial charge in [0.1, 0.15) is 11.9 Å². The van der Waals surface area contributed by atoms with Gasteiger partial charge in [0.2, 0.25) is 5.91 Å². The number of carbonyl (C=O) groups excluding carboxylic acids is 1. The van der Waals surface area contributed by atoms with Gasteiger partial charge in [0, 0.05) is 18.8 Å². The summed E-state index contributed by atoms with van der Waals surface area (Å²) in [6.45, 7) is 0.847. The quantitative estimate of drug-likeness (QED) is 0.909. The molecule has 18 heavy (non-hydrogen) atoms. The summed E-state index contributed by atoms with van der Waals surface area (Å²) in [5.74, 6) is 0.851. The molecule has 3 rings (SSSR count). The fourth-order valence-electron chi connectivity index (χ4n) is 2.41. The molecule has 1 aliphatic carbocycles. The summed E-state index contributed by atoms with van der Waals surface area (Å²) >= 11 is 6.16. The van der Waals surface area contributed by atoms with Crippen LogP contribution in [0.15, 0.2) is 18.3 Å². The number of hydrogen-bond acceptors (Lipinski definition) is 3. The van der Waals surface area contributed by atoms with Gasteiger partial charge in [-0.05, 0) is 37.8 Å². The molecule has 4 nitrogen and oxygen atoms in total. The first-order valence-corrected chi connectivity index (χ1v) is 6.81. The van der Waals surface area contributed by atoms with Crippen molar-refractivity contribution >= 4 is 23.3 Å². The molecule has 2 fully saturated rings. The Morgan fingerprint density at radius 3 is 3.00 bits per heavy atom. The minimum Gasteiger partial charge on any atom is -0.352 e. The Labute approximate surface area is 111 Å². The van der Waals surface area contributed by atoms with Crippen molar-refractivity contribution in [3.63, 3.8) is 0 Å². The highest BCUT2D eigenvalue weighted by molar-refractivity contribution is 6.33. The van der Waals surface area contributed by atoms with Crippen LogP contribution >= 0.6 is 11.6 Å². The Hall–Kier alpha value is -1.29. The van der Waals surface area contributed by atoms with Crippen LogP contribution in [0.5, 0.6) is 0 Å². The molecule has 2 heterocycles. The summed E-state index contributed by atoms with van der Waals surface area (Å²) in [4.78, 5) is 18.5. The smallest absolute Gasteiger partial charge is 0.242 e. The van der Waals surface area contributed by atoms with Crippen LogP contribution in [-0.4, -0.2) is 29.5 Å². The Balaban J connectivity index is 1.78. The molecule has 1 saturated heterocycles. The fourth-order valence-corrected chi connectivity index (χ4v) is 2.64. The summed E-state index contributed by atoms with van der Waals surface area (Å²) in [7, 11) is 0. The Kier molecular flexibility index (Phi) is 3.12. The lowest BCUT2D eigenvalue weighted by atomic mass is 10.2. The Bertz CT molecular complexity index is 461. The van der Waals surface area contributed by atoms with Gasteiger partial charge in [-0.3, -0.25) is 4.79 Å². The van der Waals surface area contributed by atoms with Crippen molar-refractivity contribution in [1.82, 2.24) is 10.3 Å². The molecule has 1 atom stereocenters. The number of nitrogens with zero attached hydrogens (tertiary/aromatic N) is 2. The number of anilines is 1. The number of pyridine rings is 1. The molecule has 0 bridgehead atoms. The predicted octanol–water partition coefficient (Wildman–Crippen LogP) is 1.98. The van der Waals surface area contributed by atoms with E-state index < -0.39 is 0 Å². The molecular formula is C13H16ClN3O. The number of halogens is 1. The third-order valence-corrected chi connectivity index (χ3v) is 3.79.